The van der Waals surface area contributed by atoms with Gasteiger partial charge in [0.25, 0.3) is 0 Å². The Morgan fingerprint density at radius 2 is 1.78 bits per heavy atom. The molecule has 5 N–H and O–H groups in total. The van der Waals surface area contributed by atoms with Crippen LogP contribution in [-0.2, 0) is 30.8 Å². The molecule has 0 aliphatic heterocycles. The molecule has 2 atom stereocenters. The minimum absolute atomic E-state index is 0.000636. The second-order valence-electron chi connectivity index (χ2n) is 9.21. The van der Waals surface area contributed by atoms with E-state index in [1.165, 1.54) is 6.07 Å². The number of nitrogens with one attached hydrogen (secondary N) is 2. The van der Waals surface area contributed by atoms with E-state index in [-0.39, 0.29) is 24.3 Å². The Bertz CT molecular complexity index is 1150. The molecule has 0 radical (unpaired) electrons. The number of hydrogen-bond acceptors (Lipinski definition) is 6. The molecule has 0 saturated heterocycles. The molecular weight excluding hydrogens is 468 g/mol. The molecule has 0 unspecified atom stereocenters. The predicted molar refractivity (Wildman–Crippen MR) is 144 cm³/mol. The normalized spacial score (nSPS) is 12.6. The summed E-state index contributed by atoms with van der Waals surface area (Å²) in [4.78, 5) is 12.4. The van der Waals surface area contributed by atoms with Gasteiger partial charge in [0.05, 0.1) is 19.3 Å². The predicted octanol–water partition coefficient (Wildman–Crippen LogP) is 3.79. The number of para-hydroxylation sites is 1. The summed E-state index contributed by atoms with van der Waals surface area (Å²) in [5.74, 6) is 0.814. The van der Waals surface area contributed by atoms with E-state index < -0.39 is 6.10 Å². The number of carbonyl (C=O) groups is 1. The Kier molecular flexibility index (Phi) is 11.0. The van der Waals surface area contributed by atoms with E-state index in [9.17, 15) is 20.1 Å². The zero-order valence-electron chi connectivity index (χ0n) is 21.6. The number of rotatable bonds is 14. The minimum atomic E-state index is -0.751. The van der Waals surface area contributed by atoms with E-state index in [1.807, 2.05) is 43.3 Å². The topological polar surface area (TPSA) is 111 Å². The van der Waals surface area contributed by atoms with E-state index in [1.54, 1.807) is 12.1 Å². The standard InChI is InChI=1S/C30H38N2O5/c1-3-37-29-10-5-4-9-25(29)18-32-30(36)14-11-22-7-6-8-23(16-22)15-21(2)31-19-28(35)24-12-13-27(34)26(17-24)20-33/h4-10,12-13,16-17,21,28,31,33-35H,3,11,14-15,18-20H2,1-2H3,(H,32,36)/t21-,28+/m1/s1. The number of phenols is 1. The van der Waals surface area contributed by atoms with Gasteiger partial charge in [-0.1, -0.05) is 48.5 Å². The maximum absolute atomic E-state index is 12.4. The number of aliphatic hydroxyl groups excluding tert-OH is 2. The second kappa shape index (κ2) is 14.4. The molecule has 0 aliphatic carbocycles. The molecule has 0 fully saturated rings. The van der Waals surface area contributed by atoms with Gasteiger partial charge in [-0.05, 0) is 61.6 Å². The van der Waals surface area contributed by atoms with Gasteiger partial charge in [-0.3, -0.25) is 4.79 Å². The third-order valence-electron chi connectivity index (χ3n) is 6.24. The highest BCUT2D eigenvalue weighted by atomic mass is 16.5. The molecular formula is C30H38N2O5. The summed E-state index contributed by atoms with van der Waals surface area (Å²) >= 11 is 0. The van der Waals surface area contributed by atoms with Gasteiger partial charge in [-0.25, -0.2) is 0 Å². The van der Waals surface area contributed by atoms with E-state index in [4.69, 9.17) is 4.74 Å². The highest BCUT2D eigenvalue weighted by molar-refractivity contribution is 5.76. The Labute approximate surface area is 219 Å². The fraction of sp³-hybridized carbons (Fsp3) is 0.367. The molecule has 0 spiro atoms. The maximum atomic E-state index is 12.4. The van der Waals surface area contributed by atoms with Crippen molar-refractivity contribution in [2.45, 2.75) is 58.4 Å². The fourth-order valence-electron chi connectivity index (χ4n) is 4.19. The molecule has 0 saturated carbocycles. The van der Waals surface area contributed by atoms with E-state index >= 15 is 0 Å². The smallest absolute Gasteiger partial charge is 0.220 e. The van der Waals surface area contributed by atoms with Crippen LogP contribution < -0.4 is 15.4 Å². The van der Waals surface area contributed by atoms with Gasteiger partial charge < -0.3 is 30.7 Å². The third kappa shape index (κ3) is 8.89. The van der Waals surface area contributed by atoms with Crippen LogP contribution in [0.25, 0.3) is 0 Å². The van der Waals surface area contributed by atoms with Crippen LogP contribution in [-0.4, -0.2) is 40.4 Å². The SMILES string of the molecule is CCOc1ccccc1CNC(=O)CCc1cccc(C[C@@H](C)NC[C@H](O)c2ccc(O)c(CO)c2)c1. The fourth-order valence-corrected chi connectivity index (χ4v) is 4.19. The van der Waals surface area contributed by atoms with E-state index in [0.29, 0.717) is 43.7 Å². The van der Waals surface area contributed by atoms with Gasteiger partial charge in [-0.15, -0.1) is 0 Å². The number of aryl methyl sites for hydroxylation is 1. The first kappa shape index (κ1) is 28.2. The molecule has 0 aromatic heterocycles. The lowest BCUT2D eigenvalue weighted by Gasteiger charge is -2.18. The average Bonchev–Trinajstić information content (AvgIpc) is 2.90. The molecule has 3 aromatic carbocycles. The van der Waals surface area contributed by atoms with Crippen molar-refractivity contribution < 1.29 is 24.9 Å². The summed E-state index contributed by atoms with van der Waals surface area (Å²) < 4.78 is 5.62. The lowest BCUT2D eigenvalue weighted by molar-refractivity contribution is -0.121. The van der Waals surface area contributed by atoms with Crippen molar-refractivity contribution in [2.24, 2.45) is 0 Å². The van der Waals surface area contributed by atoms with Crippen molar-refractivity contribution >= 4 is 5.91 Å². The molecule has 37 heavy (non-hydrogen) atoms. The van der Waals surface area contributed by atoms with Crippen LogP contribution in [0.15, 0.2) is 66.7 Å². The average molecular weight is 507 g/mol. The first-order valence-electron chi connectivity index (χ1n) is 12.8. The molecule has 1 amide bonds. The van der Waals surface area contributed by atoms with Gasteiger partial charge in [0.2, 0.25) is 5.91 Å². The van der Waals surface area contributed by atoms with Crippen molar-refractivity contribution in [2.75, 3.05) is 13.2 Å². The van der Waals surface area contributed by atoms with Crippen LogP contribution in [0.2, 0.25) is 0 Å². The summed E-state index contributed by atoms with van der Waals surface area (Å²) in [5, 5.41) is 35.9. The lowest BCUT2D eigenvalue weighted by Crippen LogP contribution is -2.32. The zero-order valence-corrected chi connectivity index (χ0v) is 21.6. The van der Waals surface area contributed by atoms with Crippen molar-refractivity contribution in [1.29, 1.82) is 0 Å². The third-order valence-corrected chi connectivity index (χ3v) is 6.24. The number of amides is 1. The van der Waals surface area contributed by atoms with E-state index in [0.717, 1.165) is 28.9 Å². The van der Waals surface area contributed by atoms with Crippen LogP contribution >= 0.6 is 0 Å². The number of ether oxygens (including phenoxy) is 1. The Morgan fingerprint density at radius 3 is 2.57 bits per heavy atom. The quantitative estimate of drug-likeness (QED) is 0.228. The van der Waals surface area contributed by atoms with Crippen molar-refractivity contribution in [3.05, 3.63) is 94.5 Å². The van der Waals surface area contributed by atoms with Gasteiger partial charge in [0.15, 0.2) is 0 Å². The maximum Gasteiger partial charge on any atom is 0.220 e. The summed E-state index contributed by atoms with van der Waals surface area (Å²) in [6.07, 6.45) is 1.08. The van der Waals surface area contributed by atoms with Crippen LogP contribution in [0, 0.1) is 0 Å². The molecule has 3 aromatic rings. The summed E-state index contributed by atoms with van der Waals surface area (Å²) in [7, 11) is 0. The Balaban J connectivity index is 1.44. The molecule has 7 heteroatoms. The van der Waals surface area contributed by atoms with Crippen LogP contribution in [0.1, 0.15) is 54.2 Å². The Morgan fingerprint density at radius 1 is 1.00 bits per heavy atom. The Hall–Kier alpha value is -3.39. The number of carbonyl (C=O) groups excluding carboxylic acids is 1. The van der Waals surface area contributed by atoms with Crippen molar-refractivity contribution in [3.8, 4) is 11.5 Å². The zero-order chi connectivity index (χ0) is 26.6. The van der Waals surface area contributed by atoms with Gasteiger partial charge in [0, 0.05) is 36.7 Å². The minimum Gasteiger partial charge on any atom is -0.508 e. The largest absolute Gasteiger partial charge is 0.508 e. The monoisotopic (exact) mass is 506 g/mol. The molecule has 0 bridgehead atoms. The van der Waals surface area contributed by atoms with Crippen molar-refractivity contribution in [3.63, 3.8) is 0 Å². The molecule has 7 nitrogen and oxygen atoms in total. The summed E-state index contributed by atoms with van der Waals surface area (Å²) in [5.41, 5.74) is 4.26. The number of hydrogen-bond donors (Lipinski definition) is 5. The molecule has 0 aliphatic rings. The highest BCUT2D eigenvalue weighted by Crippen LogP contribution is 2.22. The number of aliphatic hydroxyl groups is 2. The number of aromatic hydroxyl groups is 1. The molecule has 3 rings (SSSR count). The van der Waals surface area contributed by atoms with Gasteiger partial charge in [-0.2, -0.15) is 0 Å². The van der Waals surface area contributed by atoms with Crippen molar-refractivity contribution in [1.82, 2.24) is 10.6 Å². The van der Waals surface area contributed by atoms with E-state index in [2.05, 4.69) is 29.7 Å². The van der Waals surface area contributed by atoms with Gasteiger partial charge >= 0.3 is 0 Å². The first-order chi connectivity index (χ1) is 17.9. The van der Waals surface area contributed by atoms with Crippen LogP contribution in [0.3, 0.4) is 0 Å². The highest BCUT2D eigenvalue weighted by Gasteiger charge is 2.13. The van der Waals surface area contributed by atoms with Crippen LogP contribution in [0.5, 0.6) is 11.5 Å². The first-order valence-corrected chi connectivity index (χ1v) is 12.8. The number of benzene rings is 3. The second-order valence-corrected chi connectivity index (χ2v) is 9.21. The van der Waals surface area contributed by atoms with Crippen LogP contribution in [0.4, 0.5) is 0 Å². The van der Waals surface area contributed by atoms with Gasteiger partial charge in [0.1, 0.15) is 11.5 Å². The molecule has 0 heterocycles. The summed E-state index contributed by atoms with van der Waals surface area (Å²) in [6, 6.07) is 20.8. The summed E-state index contributed by atoms with van der Waals surface area (Å²) in [6.45, 7) is 5.09. The lowest BCUT2D eigenvalue weighted by atomic mass is 10.0. The molecule has 198 valence electrons.